The normalized spacial score (nSPS) is 11.7. The number of carbonyl (C=O) groups is 2. The average Bonchev–Trinajstić information content (AvgIpc) is 2.62. The van der Waals surface area contributed by atoms with Gasteiger partial charge >= 0.3 is 5.97 Å². The molecule has 0 aliphatic rings. The second-order valence-electron chi connectivity index (χ2n) is 6.11. The van der Waals surface area contributed by atoms with Crippen molar-refractivity contribution in [2.75, 3.05) is 7.11 Å². The van der Waals surface area contributed by atoms with Crippen LogP contribution in [-0.2, 0) is 16.0 Å². The van der Waals surface area contributed by atoms with Gasteiger partial charge in [-0.3, -0.25) is 4.79 Å². The van der Waals surface area contributed by atoms with Crippen molar-refractivity contribution < 1.29 is 24.2 Å². The lowest BCUT2D eigenvalue weighted by molar-refractivity contribution is -0.142. The highest BCUT2D eigenvalue weighted by molar-refractivity contribution is 5.96. The Morgan fingerprint density at radius 3 is 2.19 bits per heavy atom. The number of rotatable bonds is 7. The van der Waals surface area contributed by atoms with Gasteiger partial charge in [0.1, 0.15) is 17.5 Å². The van der Waals surface area contributed by atoms with E-state index in [1.165, 1.54) is 19.2 Å². The summed E-state index contributed by atoms with van der Waals surface area (Å²) in [5, 5.41) is 12.0. The first-order valence-electron chi connectivity index (χ1n) is 8.32. The molecule has 2 aromatic carbocycles. The summed E-state index contributed by atoms with van der Waals surface area (Å²) in [5.41, 5.74) is 1.21. The molecule has 138 valence electrons. The standard InChI is InChI=1S/C20H23NO5/c1-13(2)26-17-10-6-15(7-11-17)19(23)21-18(20(24)25-3)12-14-4-8-16(22)9-5-14/h4-11,13,18,22H,12H2,1-3H3,(H,21,23)/t18-/m0/s1. The Morgan fingerprint density at radius 1 is 1.04 bits per heavy atom. The zero-order chi connectivity index (χ0) is 19.1. The van der Waals surface area contributed by atoms with Crippen LogP contribution in [0.15, 0.2) is 48.5 Å². The van der Waals surface area contributed by atoms with E-state index in [1.54, 1.807) is 36.4 Å². The van der Waals surface area contributed by atoms with E-state index in [9.17, 15) is 14.7 Å². The third-order valence-electron chi connectivity index (χ3n) is 3.66. The summed E-state index contributed by atoms with van der Waals surface area (Å²) in [6.07, 6.45) is 0.302. The molecule has 0 bridgehead atoms. The molecule has 0 aliphatic carbocycles. The Bertz CT molecular complexity index is 738. The number of esters is 1. The predicted octanol–water partition coefficient (Wildman–Crippen LogP) is 2.69. The highest BCUT2D eigenvalue weighted by atomic mass is 16.5. The van der Waals surface area contributed by atoms with Crippen molar-refractivity contribution in [2.24, 2.45) is 0 Å². The molecule has 6 heteroatoms. The highest BCUT2D eigenvalue weighted by Crippen LogP contribution is 2.15. The number of hydrogen-bond donors (Lipinski definition) is 2. The molecule has 1 amide bonds. The van der Waals surface area contributed by atoms with Gasteiger partial charge in [0.05, 0.1) is 13.2 Å². The van der Waals surface area contributed by atoms with Crippen LogP contribution in [0.1, 0.15) is 29.8 Å². The van der Waals surface area contributed by atoms with E-state index in [4.69, 9.17) is 9.47 Å². The first kappa shape index (κ1) is 19.3. The van der Waals surface area contributed by atoms with Crippen molar-refractivity contribution in [3.8, 4) is 11.5 Å². The third kappa shape index (κ3) is 5.51. The summed E-state index contributed by atoms with van der Waals surface area (Å²) in [5.74, 6) is -0.109. The van der Waals surface area contributed by atoms with Gasteiger partial charge in [0, 0.05) is 12.0 Å². The number of amides is 1. The zero-order valence-electron chi connectivity index (χ0n) is 15.1. The van der Waals surface area contributed by atoms with E-state index in [0.717, 1.165) is 5.56 Å². The van der Waals surface area contributed by atoms with Gasteiger partial charge in [0.25, 0.3) is 5.91 Å². The van der Waals surface area contributed by atoms with E-state index in [-0.39, 0.29) is 24.2 Å². The van der Waals surface area contributed by atoms with Crippen LogP contribution in [0.4, 0.5) is 0 Å². The van der Waals surface area contributed by atoms with Crippen molar-refractivity contribution in [1.82, 2.24) is 5.32 Å². The van der Waals surface area contributed by atoms with Crippen molar-refractivity contribution in [2.45, 2.75) is 32.4 Å². The van der Waals surface area contributed by atoms with Crippen molar-refractivity contribution in [1.29, 1.82) is 0 Å². The lowest BCUT2D eigenvalue weighted by atomic mass is 10.1. The molecule has 6 nitrogen and oxygen atoms in total. The monoisotopic (exact) mass is 357 g/mol. The zero-order valence-corrected chi connectivity index (χ0v) is 15.1. The van der Waals surface area contributed by atoms with Gasteiger partial charge in [-0.15, -0.1) is 0 Å². The summed E-state index contributed by atoms with van der Waals surface area (Å²) >= 11 is 0. The van der Waals surface area contributed by atoms with Gasteiger partial charge in [0.2, 0.25) is 0 Å². The van der Waals surface area contributed by atoms with Crippen LogP contribution in [-0.4, -0.2) is 36.2 Å². The van der Waals surface area contributed by atoms with Crippen molar-refractivity contribution >= 4 is 11.9 Å². The molecule has 0 unspecified atom stereocenters. The van der Waals surface area contributed by atoms with Crippen molar-refractivity contribution in [3.05, 3.63) is 59.7 Å². The van der Waals surface area contributed by atoms with Crippen LogP contribution < -0.4 is 10.1 Å². The molecule has 0 saturated carbocycles. The number of ether oxygens (including phenoxy) is 2. The van der Waals surface area contributed by atoms with E-state index >= 15 is 0 Å². The maximum Gasteiger partial charge on any atom is 0.328 e. The minimum atomic E-state index is -0.830. The second kappa shape index (κ2) is 8.89. The van der Waals surface area contributed by atoms with Gasteiger partial charge < -0.3 is 19.9 Å². The van der Waals surface area contributed by atoms with Crippen LogP contribution in [0.3, 0.4) is 0 Å². The fraction of sp³-hybridized carbons (Fsp3) is 0.300. The predicted molar refractivity (Wildman–Crippen MR) is 97.3 cm³/mol. The second-order valence-corrected chi connectivity index (χ2v) is 6.11. The van der Waals surface area contributed by atoms with Gasteiger partial charge in [-0.25, -0.2) is 4.79 Å². The molecule has 2 N–H and O–H groups in total. The van der Waals surface area contributed by atoms with Crippen LogP contribution in [0.5, 0.6) is 11.5 Å². The molecule has 2 aromatic rings. The number of nitrogens with one attached hydrogen (secondary N) is 1. The molecular weight excluding hydrogens is 334 g/mol. The number of benzene rings is 2. The first-order chi connectivity index (χ1) is 12.4. The van der Waals surface area contributed by atoms with E-state index in [2.05, 4.69) is 5.32 Å². The SMILES string of the molecule is COC(=O)[C@H](Cc1ccc(O)cc1)NC(=O)c1ccc(OC(C)C)cc1. The molecule has 0 saturated heterocycles. The summed E-state index contributed by atoms with van der Waals surface area (Å²) in [7, 11) is 1.27. The number of hydrogen-bond acceptors (Lipinski definition) is 5. The molecule has 1 atom stereocenters. The molecule has 0 heterocycles. The van der Waals surface area contributed by atoms with Gasteiger partial charge in [-0.05, 0) is 55.8 Å². The summed E-state index contributed by atoms with van der Waals surface area (Å²) in [6.45, 7) is 3.84. The molecule has 2 rings (SSSR count). The number of aromatic hydroxyl groups is 1. The van der Waals surface area contributed by atoms with E-state index in [1.807, 2.05) is 13.8 Å². The average molecular weight is 357 g/mol. The largest absolute Gasteiger partial charge is 0.508 e. The number of phenols is 1. The quantitative estimate of drug-likeness (QED) is 0.744. The molecule has 0 spiro atoms. The minimum Gasteiger partial charge on any atom is -0.508 e. The highest BCUT2D eigenvalue weighted by Gasteiger charge is 2.22. The van der Waals surface area contributed by atoms with Gasteiger partial charge in [-0.2, -0.15) is 0 Å². The lowest BCUT2D eigenvalue weighted by Crippen LogP contribution is -2.43. The van der Waals surface area contributed by atoms with Crippen LogP contribution in [0.25, 0.3) is 0 Å². The van der Waals surface area contributed by atoms with Crippen LogP contribution >= 0.6 is 0 Å². The third-order valence-corrected chi connectivity index (χ3v) is 3.66. The summed E-state index contributed by atoms with van der Waals surface area (Å²) in [4.78, 5) is 24.5. The van der Waals surface area contributed by atoms with Crippen LogP contribution in [0, 0.1) is 0 Å². The molecule has 0 radical (unpaired) electrons. The minimum absolute atomic E-state index is 0.0451. The lowest BCUT2D eigenvalue weighted by Gasteiger charge is -2.17. The maximum atomic E-state index is 12.5. The number of phenolic OH excluding ortho intramolecular Hbond substituents is 1. The van der Waals surface area contributed by atoms with Crippen molar-refractivity contribution in [3.63, 3.8) is 0 Å². The Kier molecular flexibility index (Phi) is 6.60. The van der Waals surface area contributed by atoms with E-state index in [0.29, 0.717) is 11.3 Å². The van der Waals surface area contributed by atoms with Crippen LogP contribution in [0.2, 0.25) is 0 Å². The smallest absolute Gasteiger partial charge is 0.328 e. The Hall–Kier alpha value is -3.02. The summed E-state index contributed by atoms with van der Waals surface area (Å²) < 4.78 is 10.3. The number of methoxy groups -OCH3 is 1. The Morgan fingerprint density at radius 2 is 1.65 bits per heavy atom. The first-order valence-corrected chi connectivity index (χ1v) is 8.32. The number of carbonyl (C=O) groups excluding carboxylic acids is 2. The van der Waals surface area contributed by atoms with E-state index < -0.39 is 12.0 Å². The Balaban J connectivity index is 2.08. The molecule has 0 fully saturated rings. The van der Waals surface area contributed by atoms with Gasteiger partial charge in [-0.1, -0.05) is 12.1 Å². The fourth-order valence-corrected chi connectivity index (χ4v) is 2.40. The molecular formula is C20H23NO5. The Labute approximate surface area is 152 Å². The molecule has 0 aliphatic heterocycles. The fourth-order valence-electron chi connectivity index (χ4n) is 2.40. The van der Waals surface area contributed by atoms with Gasteiger partial charge in [0.15, 0.2) is 0 Å². The maximum absolute atomic E-state index is 12.5. The topological polar surface area (TPSA) is 84.9 Å². The summed E-state index contributed by atoms with van der Waals surface area (Å²) in [6, 6.07) is 12.3. The molecule has 0 aromatic heterocycles. The molecule has 26 heavy (non-hydrogen) atoms.